The van der Waals surface area contributed by atoms with Gasteiger partial charge in [0.05, 0.1) is 0 Å². The van der Waals surface area contributed by atoms with Gasteiger partial charge >= 0.3 is 0 Å². The molecule has 1 aromatic carbocycles. The molecule has 0 saturated carbocycles. The average Bonchev–Trinajstić information content (AvgIpc) is 2.46. The fourth-order valence-corrected chi connectivity index (χ4v) is 2.58. The van der Waals surface area contributed by atoms with Gasteiger partial charge in [-0.1, -0.05) is 37.6 Å². The van der Waals surface area contributed by atoms with Crippen LogP contribution in [0.2, 0.25) is 0 Å². The SMILES string of the molecule is CCc1ccc(C(C)NCC2CCCCN2)cc1. The van der Waals surface area contributed by atoms with E-state index in [1.807, 2.05) is 0 Å². The van der Waals surface area contributed by atoms with E-state index in [0.29, 0.717) is 12.1 Å². The number of hydrogen-bond acceptors (Lipinski definition) is 2. The number of rotatable bonds is 5. The second-order valence-electron chi connectivity index (χ2n) is 5.37. The van der Waals surface area contributed by atoms with Crippen LogP contribution in [0.25, 0.3) is 0 Å². The van der Waals surface area contributed by atoms with Gasteiger partial charge in [0, 0.05) is 18.6 Å². The lowest BCUT2D eigenvalue weighted by Crippen LogP contribution is -2.42. The van der Waals surface area contributed by atoms with E-state index in [4.69, 9.17) is 0 Å². The van der Waals surface area contributed by atoms with Crippen molar-refractivity contribution in [2.75, 3.05) is 13.1 Å². The molecule has 2 N–H and O–H groups in total. The molecule has 1 aliphatic heterocycles. The number of nitrogens with one attached hydrogen (secondary N) is 2. The zero-order valence-corrected chi connectivity index (χ0v) is 11.7. The van der Waals surface area contributed by atoms with E-state index in [0.717, 1.165) is 13.0 Å². The van der Waals surface area contributed by atoms with Gasteiger partial charge in [-0.3, -0.25) is 0 Å². The second kappa shape index (κ2) is 6.91. The molecule has 2 unspecified atom stereocenters. The maximum atomic E-state index is 3.64. The first kappa shape index (κ1) is 13.6. The second-order valence-corrected chi connectivity index (χ2v) is 5.37. The van der Waals surface area contributed by atoms with Crippen molar-refractivity contribution in [1.29, 1.82) is 0 Å². The third-order valence-corrected chi connectivity index (χ3v) is 3.97. The van der Waals surface area contributed by atoms with Gasteiger partial charge < -0.3 is 10.6 Å². The molecule has 1 aromatic rings. The molecular weight excluding hydrogens is 220 g/mol. The summed E-state index contributed by atoms with van der Waals surface area (Å²) >= 11 is 0. The van der Waals surface area contributed by atoms with Crippen molar-refractivity contribution in [1.82, 2.24) is 10.6 Å². The molecule has 2 nitrogen and oxygen atoms in total. The van der Waals surface area contributed by atoms with Crippen molar-refractivity contribution >= 4 is 0 Å². The van der Waals surface area contributed by atoms with Crippen LogP contribution < -0.4 is 10.6 Å². The maximum absolute atomic E-state index is 3.64. The highest BCUT2D eigenvalue weighted by Crippen LogP contribution is 2.14. The van der Waals surface area contributed by atoms with E-state index in [-0.39, 0.29) is 0 Å². The molecule has 18 heavy (non-hydrogen) atoms. The van der Waals surface area contributed by atoms with Crippen LogP contribution in [-0.2, 0) is 6.42 Å². The maximum Gasteiger partial charge on any atom is 0.0292 e. The van der Waals surface area contributed by atoms with Gasteiger partial charge in [-0.05, 0) is 43.9 Å². The quantitative estimate of drug-likeness (QED) is 0.834. The van der Waals surface area contributed by atoms with Crippen LogP contribution in [0, 0.1) is 0 Å². The molecule has 0 radical (unpaired) electrons. The summed E-state index contributed by atoms with van der Waals surface area (Å²) in [6.07, 6.45) is 5.14. The first-order chi connectivity index (χ1) is 8.79. The molecule has 0 aliphatic carbocycles. The molecule has 2 rings (SSSR count). The smallest absolute Gasteiger partial charge is 0.0292 e. The molecule has 100 valence electrons. The lowest BCUT2D eigenvalue weighted by Gasteiger charge is -2.25. The minimum Gasteiger partial charge on any atom is -0.313 e. The van der Waals surface area contributed by atoms with E-state index in [2.05, 4.69) is 48.7 Å². The van der Waals surface area contributed by atoms with Gasteiger partial charge in [0.2, 0.25) is 0 Å². The van der Waals surface area contributed by atoms with E-state index in [1.54, 1.807) is 0 Å². The number of piperidine rings is 1. The summed E-state index contributed by atoms with van der Waals surface area (Å²) in [5, 5.41) is 7.23. The zero-order chi connectivity index (χ0) is 12.8. The topological polar surface area (TPSA) is 24.1 Å². The fourth-order valence-electron chi connectivity index (χ4n) is 2.58. The Morgan fingerprint density at radius 2 is 2.06 bits per heavy atom. The van der Waals surface area contributed by atoms with Gasteiger partial charge in [-0.2, -0.15) is 0 Å². The standard InChI is InChI=1S/C16H26N2/c1-3-14-7-9-15(10-8-14)13(2)18-12-16-6-4-5-11-17-16/h7-10,13,16-18H,3-6,11-12H2,1-2H3. The predicted molar refractivity (Wildman–Crippen MR) is 77.9 cm³/mol. The number of hydrogen-bond donors (Lipinski definition) is 2. The summed E-state index contributed by atoms with van der Waals surface area (Å²) in [7, 11) is 0. The van der Waals surface area contributed by atoms with Gasteiger partial charge in [0.1, 0.15) is 0 Å². The van der Waals surface area contributed by atoms with Crippen LogP contribution in [0.5, 0.6) is 0 Å². The van der Waals surface area contributed by atoms with Crippen LogP contribution in [0.3, 0.4) is 0 Å². The first-order valence-electron chi connectivity index (χ1n) is 7.35. The van der Waals surface area contributed by atoms with E-state index >= 15 is 0 Å². The Balaban J connectivity index is 1.80. The number of benzene rings is 1. The van der Waals surface area contributed by atoms with Crippen molar-refractivity contribution in [2.45, 2.75) is 51.6 Å². The zero-order valence-electron chi connectivity index (χ0n) is 11.7. The molecule has 1 heterocycles. The summed E-state index contributed by atoms with van der Waals surface area (Å²) in [6, 6.07) is 10.1. The third kappa shape index (κ3) is 3.82. The number of aryl methyl sites for hydroxylation is 1. The highest BCUT2D eigenvalue weighted by Gasteiger charge is 2.13. The Morgan fingerprint density at radius 1 is 1.28 bits per heavy atom. The van der Waals surface area contributed by atoms with Crippen LogP contribution in [0.1, 0.15) is 50.3 Å². The average molecular weight is 246 g/mol. The Hall–Kier alpha value is -0.860. The molecule has 0 amide bonds. The van der Waals surface area contributed by atoms with Crippen molar-refractivity contribution < 1.29 is 0 Å². The van der Waals surface area contributed by atoms with Crippen molar-refractivity contribution in [2.24, 2.45) is 0 Å². The predicted octanol–water partition coefficient (Wildman–Crippen LogP) is 3.04. The Labute approximate surface area is 111 Å². The fraction of sp³-hybridized carbons (Fsp3) is 0.625. The first-order valence-corrected chi connectivity index (χ1v) is 7.35. The van der Waals surface area contributed by atoms with Crippen molar-refractivity contribution in [3.63, 3.8) is 0 Å². The normalized spacial score (nSPS) is 21.8. The minimum atomic E-state index is 0.444. The summed E-state index contributed by atoms with van der Waals surface area (Å²) in [4.78, 5) is 0. The van der Waals surface area contributed by atoms with E-state index in [1.165, 1.54) is 36.9 Å². The highest BCUT2D eigenvalue weighted by atomic mass is 15.0. The summed E-state index contributed by atoms with van der Waals surface area (Å²) < 4.78 is 0. The van der Waals surface area contributed by atoms with E-state index in [9.17, 15) is 0 Å². The van der Waals surface area contributed by atoms with Crippen LogP contribution in [-0.4, -0.2) is 19.1 Å². The summed E-state index contributed by atoms with van der Waals surface area (Å²) in [6.45, 7) is 6.72. The van der Waals surface area contributed by atoms with E-state index < -0.39 is 0 Å². The van der Waals surface area contributed by atoms with Crippen molar-refractivity contribution in [3.05, 3.63) is 35.4 Å². The summed E-state index contributed by atoms with van der Waals surface area (Å²) in [5.74, 6) is 0. The Bertz CT molecular complexity index is 339. The van der Waals surface area contributed by atoms with Crippen LogP contribution >= 0.6 is 0 Å². The largest absolute Gasteiger partial charge is 0.313 e. The molecule has 0 bridgehead atoms. The lowest BCUT2D eigenvalue weighted by atomic mass is 10.0. The molecule has 0 aromatic heterocycles. The molecule has 1 aliphatic rings. The highest BCUT2D eigenvalue weighted by molar-refractivity contribution is 5.24. The van der Waals surface area contributed by atoms with Crippen LogP contribution in [0.4, 0.5) is 0 Å². The molecule has 1 fully saturated rings. The van der Waals surface area contributed by atoms with Gasteiger partial charge in [0.25, 0.3) is 0 Å². The molecule has 0 spiro atoms. The van der Waals surface area contributed by atoms with Crippen LogP contribution in [0.15, 0.2) is 24.3 Å². The monoisotopic (exact) mass is 246 g/mol. The Kier molecular flexibility index (Phi) is 5.21. The summed E-state index contributed by atoms with van der Waals surface area (Å²) in [5.41, 5.74) is 2.81. The molecule has 2 atom stereocenters. The van der Waals surface area contributed by atoms with Gasteiger partial charge in [-0.15, -0.1) is 0 Å². The molecule has 1 saturated heterocycles. The van der Waals surface area contributed by atoms with Gasteiger partial charge in [0.15, 0.2) is 0 Å². The molecule has 2 heteroatoms. The van der Waals surface area contributed by atoms with Gasteiger partial charge in [-0.25, -0.2) is 0 Å². The minimum absolute atomic E-state index is 0.444. The Morgan fingerprint density at radius 3 is 2.67 bits per heavy atom. The molecular formula is C16H26N2. The van der Waals surface area contributed by atoms with Crippen molar-refractivity contribution in [3.8, 4) is 0 Å². The third-order valence-electron chi connectivity index (χ3n) is 3.97. The lowest BCUT2D eigenvalue weighted by molar-refractivity contribution is 0.371.